The number of rotatable bonds is 12. The van der Waals surface area contributed by atoms with Gasteiger partial charge < -0.3 is 19.1 Å². The number of sulfonamides is 1. The van der Waals surface area contributed by atoms with E-state index in [4.69, 9.17) is 19.2 Å². The van der Waals surface area contributed by atoms with Gasteiger partial charge in [-0.1, -0.05) is 51.8 Å². The van der Waals surface area contributed by atoms with E-state index in [0.717, 1.165) is 43.1 Å². The average Bonchev–Trinajstić information content (AvgIpc) is 4.16. The van der Waals surface area contributed by atoms with Crippen molar-refractivity contribution in [3.8, 4) is 11.6 Å². The number of amides is 2. The Balaban J connectivity index is 1.11. The molecule has 3 aliphatic carbocycles. The van der Waals surface area contributed by atoms with Crippen molar-refractivity contribution >= 4 is 44.5 Å². The van der Waals surface area contributed by atoms with E-state index in [9.17, 15) is 36.4 Å². The highest BCUT2D eigenvalue weighted by molar-refractivity contribution is 7.91. The molecule has 3 aliphatic heterocycles. The van der Waals surface area contributed by atoms with Crippen molar-refractivity contribution in [2.75, 3.05) is 32.8 Å². The molecule has 0 spiro atoms. The quantitative estimate of drug-likeness (QED) is 0.140. The van der Waals surface area contributed by atoms with Gasteiger partial charge in [-0.15, -0.1) is 6.58 Å². The molecular weight excluding hydrogens is 835 g/mol. The average molecular weight is 897 g/mol. The zero-order chi connectivity index (χ0) is 45.1. The molecule has 2 bridgehead atoms. The molecule has 5 fully saturated rings. The SMILES string of the molecule is C=C[C@@H]1C[C@]1(CC(=O)[C@@H]1C[C@@H]2CN1C(=O)[C@H](C(C)(C)C)CC(=O)O[C@@H]1C[C@H]1CCCCCc1c(nc3ccccc3c1OCCCN1CC(F)(F)C1)O2)C(=O)NS(=O)(=O)C1(C)CC1. The molecule has 344 valence electrons. The molecule has 1 N–H and O–H groups in total. The van der Waals surface area contributed by atoms with Gasteiger partial charge in [-0.05, 0) is 87.7 Å². The second-order valence-corrected chi connectivity index (χ2v) is 22.7. The van der Waals surface area contributed by atoms with Crippen molar-refractivity contribution in [3.63, 3.8) is 0 Å². The van der Waals surface area contributed by atoms with Gasteiger partial charge in [0.25, 0.3) is 5.92 Å². The highest BCUT2D eigenvalue weighted by Gasteiger charge is 2.62. The number of aromatic nitrogens is 1. The van der Waals surface area contributed by atoms with Crippen LogP contribution in [-0.2, 0) is 40.4 Å². The molecule has 1 aromatic carbocycles. The molecule has 7 atom stereocenters. The van der Waals surface area contributed by atoms with Gasteiger partial charge in [-0.3, -0.25) is 28.8 Å². The standard InChI is InChI=1S/C47H62F2N4O9S/c1-6-30-24-46(30,43(57)51-63(58,59)45(5)17-18-45)25-37(54)36-22-31-26-53(36)42(56)34(44(2,3)4)23-39(55)62-38-21-29(38)13-8-7-9-15-33-40(60-20-12-19-52-27-47(48,49)28-52)32-14-10-11-16-35(32)50-41(33)61-31/h6,10-11,14,16,29-31,34,36,38H,1,7-9,12-13,15,17-28H2,2-5H3,(H,51,57)/t29-,30-,31-,34-,36+,38-,46-/m1/s1. The minimum atomic E-state index is -3.99. The van der Waals surface area contributed by atoms with Crippen LogP contribution >= 0.6 is 0 Å². The lowest BCUT2D eigenvalue weighted by atomic mass is 9.77. The minimum Gasteiger partial charge on any atom is -0.492 e. The monoisotopic (exact) mass is 896 g/mol. The second kappa shape index (κ2) is 17.0. The third-order valence-corrected chi connectivity index (χ3v) is 16.6. The molecule has 16 heteroatoms. The summed E-state index contributed by atoms with van der Waals surface area (Å²) in [6.07, 6.45) is 6.65. The summed E-state index contributed by atoms with van der Waals surface area (Å²) in [7, 11) is -3.99. The molecule has 1 aromatic heterocycles. The number of hydrogen-bond donors (Lipinski definition) is 1. The van der Waals surface area contributed by atoms with Crippen LogP contribution in [0.4, 0.5) is 8.78 Å². The molecule has 8 rings (SSSR count). The number of ketones is 1. The Morgan fingerprint density at radius 2 is 1.83 bits per heavy atom. The Labute approximate surface area is 369 Å². The van der Waals surface area contributed by atoms with Gasteiger partial charge in [0.1, 0.15) is 18.0 Å². The molecule has 0 unspecified atom stereocenters. The maximum atomic E-state index is 14.9. The first kappa shape index (κ1) is 45.4. The van der Waals surface area contributed by atoms with E-state index in [0.29, 0.717) is 49.4 Å². The van der Waals surface area contributed by atoms with Crippen LogP contribution in [0.2, 0.25) is 0 Å². The summed E-state index contributed by atoms with van der Waals surface area (Å²) in [5.74, 6) is -4.81. The maximum Gasteiger partial charge on any atom is 0.306 e. The van der Waals surface area contributed by atoms with Gasteiger partial charge in [-0.25, -0.2) is 22.2 Å². The summed E-state index contributed by atoms with van der Waals surface area (Å²) >= 11 is 0. The lowest BCUT2D eigenvalue weighted by molar-refractivity contribution is -0.154. The normalized spacial score (nSPS) is 30.6. The van der Waals surface area contributed by atoms with Gasteiger partial charge >= 0.3 is 5.97 Å². The number of carbonyl (C=O) groups excluding carboxylic acids is 4. The maximum absolute atomic E-state index is 14.9. The number of Topliss-reactive ketones (excluding diaryl/α,β-unsaturated/α-hetero) is 1. The number of nitrogens with one attached hydrogen (secondary N) is 1. The van der Waals surface area contributed by atoms with Gasteiger partial charge in [-0.2, -0.15) is 0 Å². The number of nitrogens with zero attached hydrogens (tertiary/aromatic N) is 3. The first-order valence-electron chi connectivity index (χ1n) is 22.8. The van der Waals surface area contributed by atoms with E-state index in [2.05, 4.69) is 11.3 Å². The molecule has 63 heavy (non-hydrogen) atoms. The zero-order valence-corrected chi connectivity index (χ0v) is 37.8. The summed E-state index contributed by atoms with van der Waals surface area (Å²) in [5, 5.41) is 0.784. The first-order valence-corrected chi connectivity index (χ1v) is 24.2. The lowest BCUT2D eigenvalue weighted by Gasteiger charge is -2.38. The Morgan fingerprint density at radius 1 is 1.08 bits per heavy atom. The summed E-state index contributed by atoms with van der Waals surface area (Å²) in [6, 6.07) is 6.50. The number of para-hydroxylation sites is 1. The smallest absolute Gasteiger partial charge is 0.306 e. The minimum absolute atomic E-state index is 0.0109. The van der Waals surface area contributed by atoms with Crippen molar-refractivity contribution in [2.45, 2.75) is 140 Å². The first-order chi connectivity index (χ1) is 29.7. The fourth-order valence-corrected chi connectivity index (χ4v) is 11.1. The van der Waals surface area contributed by atoms with Crippen molar-refractivity contribution in [3.05, 3.63) is 42.5 Å². The number of likely N-dealkylation sites (tertiary alicyclic amines) is 1. The highest BCUT2D eigenvalue weighted by atomic mass is 32.2. The number of benzene rings is 1. The van der Waals surface area contributed by atoms with Gasteiger partial charge in [0, 0.05) is 24.8 Å². The van der Waals surface area contributed by atoms with Crippen LogP contribution in [0.25, 0.3) is 10.9 Å². The number of hydrogen-bond acceptors (Lipinski definition) is 11. The summed E-state index contributed by atoms with van der Waals surface area (Å²) < 4.78 is 74.0. The van der Waals surface area contributed by atoms with E-state index < -0.39 is 79.1 Å². The van der Waals surface area contributed by atoms with Crippen molar-refractivity contribution in [1.82, 2.24) is 19.5 Å². The molecule has 6 aliphatic rings. The van der Waals surface area contributed by atoms with E-state index >= 15 is 0 Å². The molecular formula is C47H62F2N4O9S. The van der Waals surface area contributed by atoms with Crippen molar-refractivity contribution < 1.29 is 50.6 Å². The molecule has 2 aromatic rings. The number of pyridine rings is 1. The molecule has 4 heterocycles. The van der Waals surface area contributed by atoms with Crippen LogP contribution in [0.1, 0.15) is 110 Å². The number of alkyl halides is 2. The van der Waals surface area contributed by atoms with Gasteiger partial charge in [0.2, 0.25) is 27.7 Å². The summed E-state index contributed by atoms with van der Waals surface area (Å²) in [4.78, 5) is 65.2. The Morgan fingerprint density at radius 3 is 2.51 bits per heavy atom. The molecule has 2 saturated heterocycles. The number of esters is 1. The summed E-state index contributed by atoms with van der Waals surface area (Å²) in [6.45, 7) is 11.3. The zero-order valence-electron chi connectivity index (χ0n) is 37.0. The fourth-order valence-electron chi connectivity index (χ4n) is 9.81. The fraction of sp³-hybridized carbons (Fsp3) is 0.681. The number of halogens is 2. The van der Waals surface area contributed by atoms with E-state index in [1.807, 2.05) is 45.0 Å². The molecule has 13 nitrogen and oxygen atoms in total. The van der Waals surface area contributed by atoms with E-state index in [1.54, 1.807) is 17.9 Å². The summed E-state index contributed by atoms with van der Waals surface area (Å²) in [5.41, 5.74) is -0.688. The van der Waals surface area contributed by atoms with Crippen LogP contribution in [0.5, 0.6) is 11.6 Å². The lowest BCUT2D eigenvalue weighted by Crippen LogP contribution is -2.56. The van der Waals surface area contributed by atoms with Crippen LogP contribution in [0.3, 0.4) is 0 Å². The Hall–Kier alpha value is -4.18. The number of ether oxygens (including phenoxy) is 3. The van der Waals surface area contributed by atoms with Gasteiger partial charge in [0.15, 0.2) is 5.78 Å². The molecule has 2 amide bonds. The van der Waals surface area contributed by atoms with Crippen LogP contribution < -0.4 is 14.2 Å². The van der Waals surface area contributed by atoms with Crippen LogP contribution in [0.15, 0.2) is 36.9 Å². The Bertz CT molecular complexity index is 2250. The molecule has 0 radical (unpaired) electrons. The largest absolute Gasteiger partial charge is 0.492 e. The van der Waals surface area contributed by atoms with E-state index in [1.165, 1.54) is 4.90 Å². The third kappa shape index (κ3) is 9.62. The molecule has 3 saturated carbocycles. The van der Waals surface area contributed by atoms with E-state index in [-0.39, 0.29) is 63.9 Å². The number of carbonyl (C=O) groups is 4. The Kier molecular flexibility index (Phi) is 12.2. The topological polar surface area (TPSA) is 162 Å². The van der Waals surface area contributed by atoms with Crippen molar-refractivity contribution in [1.29, 1.82) is 0 Å². The number of allylic oxidation sites excluding steroid dienone is 1. The van der Waals surface area contributed by atoms with Crippen LogP contribution in [-0.4, -0.2) is 108 Å². The predicted molar refractivity (Wildman–Crippen MR) is 231 cm³/mol. The third-order valence-electron chi connectivity index (χ3n) is 14.4. The van der Waals surface area contributed by atoms with Crippen LogP contribution in [0, 0.1) is 28.6 Å². The van der Waals surface area contributed by atoms with Crippen molar-refractivity contribution in [2.24, 2.45) is 28.6 Å². The predicted octanol–water partition coefficient (Wildman–Crippen LogP) is 6.55. The number of fused-ring (bicyclic) bond motifs is 5. The second-order valence-electron chi connectivity index (χ2n) is 20.5. The van der Waals surface area contributed by atoms with Gasteiger partial charge in [0.05, 0.1) is 65.9 Å². The highest BCUT2D eigenvalue weighted by Crippen LogP contribution is 2.57.